The Balaban J connectivity index is 2.82. The number of carbonyl (C=O) groups excluding carboxylic acids is 1. The van der Waals surface area contributed by atoms with E-state index in [4.69, 9.17) is 9.47 Å². The van der Waals surface area contributed by atoms with E-state index in [9.17, 15) is 4.79 Å². The van der Waals surface area contributed by atoms with E-state index in [1.54, 1.807) is 19.2 Å². The maximum Gasteiger partial charge on any atom is 0.310 e. The third-order valence-electron chi connectivity index (χ3n) is 1.73. The van der Waals surface area contributed by atoms with Crippen molar-refractivity contribution in [1.29, 1.82) is 0 Å². The van der Waals surface area contributed by atoms with Gasteiger partial charge in [0.25, 0.3) is 0 Å². The average Bonchev–Trinajstić information content (AvgIpc) is 2.18. The first-order valence-corrected chi connectivity index (χ1v) is 5.30. The molecular weight excluding hydrogens is 262 g/mol. The molecule has 0 amide bonds. The Hall–Kier alpha value is -1.10. The Morgan fingerprint density at radius 3 is 2.93 bits per heavy atom. The van der Waals surface area contributed by atoms with Gasteiger partial charge in [0.1, 0.15) is 0 Å². The normalized spacial score (nSPS) is 9.80. The van der Waals surface area contributed by atoms with Crippen LogP contribution in [0.2, 0.25) is 0 Å². The topological polar surface area (TPSA) is 48.4 Å². The molecule has 0 aliphatic rings. The number of esters is 1. The predicted molar refractivity (Wildman–Crippen MR) is 58.8 cm³/mol. The summed E-state index contributed by atoms with van der Waals surface area (Å²) in [6, 6.07) is 1.79. The second-order valence-electron chi connectivity index (χ2n) is 2.80. The summed E-state index contributed by atoms with van der Waals surface area (Å²) < 4.78 is 10.7. The van der Waals surface area contributed by atoms with Crippen LogP contribution in [0.15, 0.2) is 16.7 Å². The Bertz CT molecular complexity index is 355. The van der Waals surface area contributed by atoms with Gasteiger partial charge < -0.3 is 9.47 Å². The van der Waals surface area contributed by atoms with Gasteiger partial charge in [-0.3, -0.25) is 4.79 Å². The van der Waals surface area contributed by atoms with Crippen LogP contribution in [-0.4, -0.2) is 24.7 Å². The molecule has 1 aromatic heterocycles. The van der Waals surface area contributed by atoms with Gasteiger partial charge in [0, 0.05) is 16.2 Å². The molecule has 0 radical (unpaired) electrons. The van der Waals surface area contributed by atoms with Crippen molar-refractivity contribution in [3.05, 3.63) is 22.3 Å². The van der Waals surface area contributed by atoms with E-state index in [0.717, 1.165) is 4.47 Å². The molecule has 0 aliphatic carbocycles. The van der Waals surface area contributed by atoms with Crippen LogP contribution in [0.1, 0.15) is 12.5 Å². The van der Waals surface area contributed by atoms with Crippen LogP contribution in [0, 0.1) is 0 Å². The molecule has 0 spiro atoms. The highest BCUT2D eigenvalue weighted by atomic mass is 79.9. The largest absolute Gasteiger partial charge is 0.481 e. The molecule has 1 aromatic rings. The number of nitrogens with zero attached hydrogens (tertiary/aromatic N) is 1. The molecule has 0 atom stereocenters. The number of hydrogen-bond acceptors (Lipinski definition) is 4. The van der Waals surface area contributed by atoms with Gasteiger partial charge in [-0.25, -0.2) is 4.98 Å². The summed E-state index contributed by atoms with van der Waals surface area (Å²) in [5.41, 5.74) is 0.713. The molecule has 0 aromatic carbocycles. The molecule has 0 fully saturated rings. The summed E-state index contributed by atoms with van der Waals surface area (Å²) in [5.74, 6) is 0.168. The number of rotatable bonds is 4. The molecule has 0 saturated carbocycles. The van der Waals surface area contributed by atoms with Crippen molar-refractivity contribution in [2.45, 2.75) is 13.3 Å². The van der Waals surface area contributed by atoms with Crippen molar-refractivity contribution in [2.75, 3.05) is 13.7 Å². The first-order chi connectivity index (χ1) is 7.17. The minimum atomic E-state index is -0.282. The van der Waals surface area contributed by atoms with Crippen molar-refractivity contribution in [3.63, 3.8) is 0 Å². The van der Waals surface area contributed by atoms with Gasteiger partial charge in [0.2, 0.25) is 5.88 Å². The van der Waals surface area contributed by atoms with Crippen molar-refractivity contribution in [2.24, 2.45) is 0 Å². The first-order valence-electron chi connectivity index (χ1n) is 4.51. The number of aromatic nitrogens is 1. The maximum absolute atomic E-state index is 11.3. The van der Waals surface area contributed by atoms with Crippen LogP contribution in [0.5, 0.6) is 5.88 Å². The summed E-state index contributed by atoms with van der Waals surface area (Å²) in [5, 5.41) is 0. The highest BCUT2D eigenvalue weighted by molar-refractivity contribution is 9.10. The van der Waals surface area contributed by atoms with Crippen LogP contribution in [-0.2, 0) is 16.0 Å². The number of carbonyl (C=O) groups is 1. The molecule has 82 valence electrons. The van der Waals surface area contributed by atoms with Crippen LogP contribution < -0.4 is 4.74 Å². The van der Waals surface area contributed by atoms with Gasteiger partial charge in [-0.15, -0.1) is 0 Å². The van der Waals surface area contributed by atoms with E-state index in [1.807, 2.05) is 0 Å². The van der Waals surface area contributed by atoms with Gasteiger partial charge in [0.15, 0.2) is 0 Å². The van der Waals surface area contributed by atoms with E-state index in [-0.39, 0.29) is 12.4 Å². The minimum absolute atomic E-state index is 0.170. The van der Waals surface area contributed by atoms with Crippen LogP contribution >= 0.6 is 15.9 Å². The second-order valence-corrected chi connectivity index (χ2v) is 3.72. The van der Waals surface area contributed by atoms with Crippen molar-refractivity contribution < 1.29 is 14.3 Å². The lowest BCUT2D eigenvalue weighted by Gasteiger charge is -2.07. The van der Waals surface area contributed by atoms with Crippen molar-refractivity contribution in [3.8, 4) is 5.88 Å². The highest BCUT2D eigenvalue weighted by Gasteiger charge is 2.10. The molecule has 4 nitrogen and oxygen atoms in total. The standard InChI is InChI=1S/C10H12BrNO3/c1-3-15-9(13)5-7-4-8(11)6-12-10(7)14-2/h4,6H,3,5H2,1-2H3. The summed E-state index contributed by atoms with van der Waals surface area (Å²) in [6.07, 6.45) is 1.79. The zero-order chi connectivity index (χ0) is 11.3. The van der Waals surface area contributed by atoms with E-state index >= 15 is 0 Å². The summed E-state index contributed by atoms with van der Waals surface area (Å²) in [4.78, 5) is 15.3. The molecule has 1 rings (SSSR count). The quantitative estimate of drug-likeness (QED) is 0.787. The fraction of sp³-hybridized carbons (Fsp3) is 0.400. The number of pyridine rings is 1. The Morgan fingerprint density at radius 2 is 2.33 bits per heavy atom. The van der Waals surface area contributed by atoms with E-state index in [2.05, 4.69) is 20.9 Å². The van der Waals surface area contributed by atoms with Gasteiger partial charge in [-0.05, 0) is 28.9 Å². The molecule has 0 saturated heterocycles. The van der Waals surface area contributed by atoms with Crippen LogP contribution in [0.4, 0.5) is 0 Å². The van der Waals surface area contributed by atoms with Gasteiger partial charge >= 0.3 is 5.97 Å². The first kappa shape index (κ1) is 12.0. The number of methoxy groups -OCH3 is 1. The van der Waals surface area contributed by atoms with Crippen LogP contribution in [0.3, 0.4) is 0 Å². The summed E-state index contributed by atoms with van der Waals surface area (Å²) in [6.45, 7) is 2.15. The van der Waals surface area contributed by atoms with E-state index in [1.165, 1.54) is 7.11 Å². The van der Waals surface area contributed by atoms with E-state index < -0.39 is 0 Å². The van der Waals surface area contributed by atoms with Gasteiger partial charge in [-0.2, -0.15) is 0 Å². The third-order valence-corrected chi connectivity index (χ3v) is 2.16. The van der Waals surface area contributed by atoms with E-state index in [0.29, 0.717) is 18.1 Å². The lowest BCUT2D eigenvalue weighted by molar-refractivity contribution is -0.142. The lowest BCUT2D eigenvalue weighted by Crippen LogP contribution is -2.09. The molecule has 15 heavy (non-hydrogen) atoms. The smallest absolute Gasteiger partial charge is 0.310 e. The number of ether oxygens (including phenoxy) is 2. The minimum Gasteiger partial charge on any atom is -0.481 e. The molecule has 0 aliphatic heterocycles. The zero-order valence-electron chi connectivity index (χ0n) is 8.62. The number of hydrogen-bond donors (Lipinski definition) is 0. The fourth-order valence-corrected chi connectivity index (χ4v) is 1.53. The Morgan fingerprint density at radius 1 is 1.60 bits per heavy atom. The third kappa shape index (κ3) is 3.51. The maximum atomic E-state index is 11.3. The fourth-order valence-electron chi connectivity index (χ4n) is 1.15. The summed E-state index contributed by atoms with van der Waals surface area (Å²) >= 11 is 3.28. The van der Waals surface area contributed by atoms with Gasteiger partial charge in [0.05, 0.1) is 20.1 Å². The Labute approximate surface area is 96.7 Å². The van der Waals surface area contributed by atoms with Gasteiger partial charge in [-0.1, -0.05) is 0 Å². The van der Waals surface area contributed by atoms with Crippen molar-refractivity contribution in [1.82, 2.24) is 4.98 Å². The molecule has 0 N–H and O–H groups in total. The molecule has 0 unspecified atom stereocenters. The lowest BCUT2D eigenvalue weighted by atomic mass is 10.2. The number of halogens is 1. The van der Waals surface area contributed by atoms with Crippen LogP contribution in [0.25, 0.3) is 0 Å². The highest BCUT2D eigenvalue weighted by Crippen LogP contribution is 2.20. The summed E-state index contributed by atoms with van der Waals surface area (Å²) in [7, 11) is 1.52. The second kappa shape index (κ2) is 5.70. The predicted octanol–water partition coefficient (Wildman–Crippen LogP) is 1.96. The Kier molecular flexibility index (Phi) is 4.55. The van der Waals surface area contributed by atoms with Crippen molar-refractivity contribution >= 4 is 21.9 Å². The SMILES string of the molecule is CCOC(=O)Cc1cc(Br)cnc1OC. The average molecular weight is 274 g/mol. The monoisotopic (exact) mass is 273 g/mol. The molecular formula is C10H12BrNO3. The molecule has 0 bridgehead atoms. The zero-order valence-corrected chi connectivity index (χ0v) is 10.2. The molecule has 1 heterocycles. The molecule has 5 heteroatoms.